The summed E-state index contributed by atoms with van der Waals surface area (Å²) in [5.74, 6) is 0. The molecule has 5 heteroatoms. The number of hydrogen-bond acceptors (Lipinski definition) is 3. The van der Waals surface area contributed by atoms with Gasteiger partial charge in [0.2, 0.25) is 0 Å². The van der Waals surface area contributed by atoms with E-state index in [4.69, 9.17) is 16.7 Å². The molecule has 2 rings (SSSR count). The molecule has 0 spiro atoms. The van der Waals surface area contributed by atoms with Gasteiger partial charge < -0.3 is 10.0 Å². The highest BCUT2D eigenvalue weighted by Crippen LogP contribution is 2.22. The number of β-amino-alcohol motifs (C(OH)–C–C–N with tert-alkyl or cyclic N) is 1. The SMILES string of the molecule is OCCN1CCC(n2cc(Cl)cn2)CC1. The Bertz CT molecular complexity index is 307. The molecule has 0 amide bonds. The van der Waals surface area contributed by atoms with Gasteiger partial charge in [0.05, 0.1) is 23.9 Å². The topological polar surface area (TPSA) is 41.3 Å². The van der Waals surface area contributed by atoms with Gasteiger partial charge in [-0.1, -0.05) is 11.6 Å². The predicted octanol–water partition coefficient (Wildman–Crippen LogP) is 1.17. The van der Waals surface area contributed by atoms with Gasteiger partial charge in [-0.05, 0) is 12.8 Å². The van der Waals surface area contributed by atoms with E-state index in [1.807, 2.05) is 10.9 Å². The van der Waals surface area contributed by atoms with Gasteiger partial charge in [0.25, 0.3) is 0 Å². The number of likely N-dealkylation sites (tertiary alicyclic amines) is 1. The average Bonchev–Trinajstić information content (AvgIpc) is 2.67. The van der Waals surface area contributed by atoms with E-state index in [9.17, 15) is 0 Å². The Hall–Kier alpha value is -0.580. The van der Waals surface area contributed by atoms with Crippen LogP contribution in [0, 0.1) is 0 Å². The summed E-state index contributed by atoms with van der Waals surface area (Å²) < 4.78 is 1.96. The van der Waals surface area contributed by atoms with Gasteiger partial charge in [-0.25, -0.2) is 0 Å². The van der Waals surface area contributed by atoms with Crippen molar-refractivity contribution in [2.75, 3.05) is 26.2 Å². The van der Waals surface area contributed by atoms with Crippen LogP contribution in [0.5, 0.6) is 0 Å². The first-order chi connectivity index (χ1) is 7.29. The molecule has 15 heavy (non-hydrogen) atoms. The highest BCUT2D eigenvalue weighted by atomic mass is 35.5. The van der Waals surface area contributed by atoms with Gasteiger partial charge in [-0.15, -0.1) is 0 Å². The highest BCUT2D eigenvalue weighted by molar-refractivity contribution is 6.30. The maximum Gasteiger partial charge on any atom is 0.0785 e. The molecule has 0 aromatic carbocycles. The van der Waals surface area contributed by atoms with Crippen LogP contribution in [-0.2, 0) is 0 Å². The minimum Gasteiger partial charge on any atom is -0.395 e. The van der Waals surface area contributed by atoms with Crippen LogP contribution in [0.15, 0.2) is 12.4 Å². The van der Waals surface area contributed by atoms with Crippen molar-refractivity contribution < 1.29 is 5.11 Å². The van der Waals surface area contributed by atoms with Crippen molar-refractivity contribution in [1.29, 1.82) is 0 Å². The minimum atomic E-state index is 0.248. The van der Waals surface area contributed by atoms with Crippen LogP contribution in [0.1, 0.15) is 18.9 Å². The normalized spacial score (nSPS) is 19.6. The number of aliphatic hydroxyl groups is 1. The number of halogens is 1. The first-order valence-electron chi connectivity index (χ1n) is 5.32. The lowest BCUT2D eigenvalue weighted by Gasteiger charge is -2.31. The fourth-order valence-electron chi connectivity index (χ4n) is 2.06. The summed E-state index contributed by atoms with van der Waals surface area (Å²) in [6.07, 6.45) is 5.73. The van der Waals surface area contributed by atoms with Crippen LogP contribution in [-0.4, -0.2) is 46.0 Å². The Morgan fingerprint density at radius 2 is 2.20 bits per heavy atom. The van der Waals surface area contributed by atoms with Gasteiger partial charge in [0.15, 0.2) is 0 Å². The molecule has 1 aromatic rings. The number of rotatable bonds is 3. The van der Waals surface area contributed by atoms with Gasteiger partial charge in [0, 0.05) is 25.8 Å². The second kappa shape index (κ2) is 4.96. The monoisotopic (exact) mass is 229 g/mol. The number of aromatic nitrogens is 2. The second-order valence-electron chi connectivity index (χ2n) is 3.93. The molecule has 0 saturated carbocycles. The molecule has 1 aliphatic heterocycles. The maximum atomic E-state index is 8.83. The third-order valence-corrected chi connectivity index (χ3v) is 3.11. The van der Waals surface area contributed by atoms with E-state index < -0.39 is 0 Å². The molecule has 1 saturated heterocycles. The average molecular weight is 230 g/mol. The Labute approximate surface area is 94.4 Å². The molecule has 1 fully saturated rings. The van der Waals surface area contributed by atoms with Crippen molar-refractivity contribution in [3.05, 3.63) is 17.4 Å². The number of nitrogens with zero attached hydrogens (tertiary/aromatic N) is 3. The fourth-order valence-corrected chi connectivity index (χ4v) is 2.21. The van der Waals surface area contributed by atoms with Crippen molar-refractivity contribution in [1.82, 2.24) is 14.7 Å². The van der Waals surface area contributed by atoms with Gasteiger partial charge >= 0.3 is 0 Å². The molecule has 0 unspecified atom stereocenters. The molecule has 4 nitrogen and oxygen atoms in total. The van der Waals surface area contributed by atoms with Crippen molar-refractivity contribution in [3.8, 4) is 0 Å². The van der Waals surface area contributed by atoms with Crippen molar-refractivity contribution in [2.45, 2.75) is 18.9 Å². The standard InChI is InChI=1S/C10H16ClN3O/c11-9-7-12-14(8-9)10-1-3-13(4-2-10)5-6-15/h7-8,10,15H,1-6H2. The van der Waals surface area contributed by atoms with Crippen molar-refractivity contribution in [2.24, 2.45) is 0 Å². The lowest BCUT2D eigenvalue weighted by molar-refractivity contribution is 0.145. The molecule has 0 bridgehead atoms. The van der Waals surface area contributed by atoms with E-state index >= 15 is 0 Å². The summed E-state index contributed by atoms with van der Waals surface area (Å²) in [5, 5.41) is 13.8. The van der Waals surface area contributed by atoms with E-state index in [2.05, 4.69) is 10.00 Å². The van der Waals surface area contributed by atoms with Crippen LogP contribution in [0.25, 0.3) is 0 Å². The molecule has 1 aromatic heterocycles. The van der Waals surface area contributed by atoms with E-state index in [-0.39, 0.29) is 6.61 Å². The molecule has 84 valence electrons. The molecule has 1 N–H and O–H groups in total. The molecule has 2 heterocycles. The van der Waals surface area contributed by atoms with Crippen LogP contribution in [0.3, 0.4) is 0 Å². The Balaban J connectivity index is 1.88. The lowest BCUT2D eigenvalue weighted by Crippen LogP contribution is -2.36. The quantitative estimate of drug-likeness (QED) is 0.846. The van der Waals surface area contributed by atoms with Gasteiger partial charge in [0.1, 0.15) is 0 Å². The first kappa shape index (κ1) is 10.9. The molecule has 0 radical (unpaired) electrons. The Morgan fingerprint density at radius 3 is 2.73 bits per heavy atom. The summed E-state index contributed by atoms with van der Waals surface area (Å²) in [6.45, 7) is 3.09. The van der Waals surface area contributed by atoms with E-state index in [0.717, 1.165) is 32.5 Å². The summed E-state index contributed by atoms with van der Waals surface area (Å²) in [5.41, 5.74) is 0. The van der Waals surface area contributed by atoms with Crippen LogP contribution >= 0.6 is 11.6 Å². The van der Waals surface area contributed by atoms with Gasteiger partial charge in [-0.3, -0.25) is 4.68 Å². The summed E-state index contributed by atoms with van der Waals surface area (Å²) in [4.78, 5) is 2.28. The third kappa shape index (κ3) is 2.71. The number of aliphatic hydroxyl groups excluding tert-OH is 1. The Kier molecular flexibility index (Phi) is 3.61. The number of hydrogen-bond donors (Lipinski definition) is 1. The molecular formula is C10H16ClN3O. The molecule has 1 aliphatic rings. The van der Waals surface area contributed by atoms with Crippen LogP contribution in [0.4, 0.5) is 0 Å². The highest BCUT2D eigenvalue weighted by Gasteiger charge is 2.20. The van der Waals surface area contributed by atoms with Crippen LogP contribution < -0.4 is 0 Å². The molecule has 0 aliphatic carbocycles. The zero-order chi connectivity index (χ0) is 10.7. The van der Waals surface area contributed by atoms with Crippen LogP contribution in [0.2, 0.25) is 5.02 Å². The van der Waals surface area contributed by atoms with E-state index in [1.54, 1.807) is 6.20 Å². The predicted molar refractivity (Wildman–Crippen MR) is 59.0 cm³/mol. The third-order valence-electron chi connectivity index (χ3n) is 2.92. The number of piperidine rings is 1. The zero-order valence-corrected chi connectivity index (χ0v) is 9.40. The van der Waals surface area contributed by atoms with E-state index in [0.29, 0.717) is 11.1 Å². The Morgan fingerprint density at radius 1 is 1.47 bits per heavy atom. The second-order valence-corrected chi connectivity index (χ2v) is 4.37. The fraction of sp³-hybridized carbons (Fsp3) is 0.700. The zero-order valence-electron chi connectivity index (χ0n) is 8.64. The maximum absolute atomic E-state index is 8.83. The summed E-state index contributed by atoms with van der Waals surface area (Å²) in [7, 11) is 0. The largest absolute Gasteiger partial charge is 0.395 e. The molecule has 0 atom stereocenters. The smallest absolute Gasteiger partial charge is 0.0785 e. The summed E-state index contributed by atoms with van der Waals surface area (Å²) >= 11 is 5.83. The lowest BCUT2D eigenvalue weighted by atomic mass is 10.1. The van der Waals surface area contributed by atoms with Crippen molar-refractivity contribution >= 4 is 11.6 Å². The summed E-state index contributed by atoms with van der Waals surface area (Å²) in [6, 6.07) is 0.465. The molecular weight excluding hydrogens is 214 g/mol. The van der Waals surface area contributed by atoms with Crippen molar-refractivity contribution in [3.63, 3.8) is 0 Å². The van der Waals surface area contributed by atoms with Gasteiger partial charge in [-0.2, -0.15) is 5.10 Å². The first-order valence-corrected chi connectivity index (χ1v) is 5.70. The van der Waals surface area contributed by atoms with E-state index in [1.165, 1.54) is 0 Å². The minimum absolute atomic E-state index is 0.248.